The van der Waals surface area contributed by atoms with E-state index in [0.717, 1.165) is 22.7 Å². The van der Waals surface area contributed by atoms with Crippen LogP contribution in [0, 0.1) is 0 Å². The van der Waals surface area contributed by atoms with E-state index in [2.05, 4.69) is 22.1 Å². The van der Waals surface area contributed by atoms with Gasteiger partial charge < -0.3 is 4.74 Å². The first-order chi connectivity index (χ1) is 9.24. The van der Waals surface area contributed by atoms with E-state index in [0.29, 0.717) is 5.92 Å². The van der Waals surface area contributed by atoms with Gasteiger partial charge in [0.2, 0.25) is 0 Å². The van der Waals surface area contributed by atoms with Gasteiger partial charge in [-0.3, -0.25) is 0 Å². The Morgan fingerprint density at radius 1 is 1.16 bits per heavy atom. The molecule has 0 aliphatic heterocycles. The second kappa shape index (κ2) is 5.00. The zero-order valence-electron chi connectivity index (χ0n) is 11.3. The van der Waals surface area contributed by atoms with Crippen molar-refractivity contribution in [1.82, 2.24) is 9.97 Å². The summed E-state index contributed by atoms with van der Waals surface area (Å²) in [5.74, 6) is 1.53. The molecule has 0 spiro atoms. The van der Waals surface area contributed by atoms with Gasteiger partial charge in [0.15, 0.2) is 0 Å². The molecule has 3 rings (SSSR count). The third-order valence-electron chi connectivity index (χ3n) is 3.21. The van der Waals surface area contributed by atoms with Gasteiger partial charge in [-0.2, -0.15) is 0 Å². The van der Waals surface area contributed by atoms with Crippen LogP contribution in [0.4, 0.5) is 0 Å². The van der Waals surface area contributed by atoms with E-state index in [-0.39, 0.29) is 6.10 Å². The fraction of sp³-hybridized carbons (Fsp3) is 0.375. The first kappa shape index (κ1) is 12.2. The Labute approximate surface area is 113 Å². The number of hydrogen-bond acceptors (Lipinski definition) is 3. The third-order valence-corrected chi connectivity index (χ3v) is 3.21. The fourth-order valence-corrected chi connectivity index (χ4v) is 2.16. The molecule has 0 unspecified atom stereocenters. The fourth-order valence-electron chi connectivity index (χ4n) is 2.16. The molecule has 1 aromatic heterocycles. The summed E-state index contributed by atoms with van der Waals surface area (Å²) in [6.45, 7) is 4.07. The van der Waals surface area contributed by atoms with E-state index in [4.69, 9.17) is 4.74 Å². The Hall–Kier alpha value is -1.90. The van der Waals surface area contributed by atoms with Gasteiger partial charge >= 0.3 is 0 Å². The maximum absolute atomic E-state index is 5.86. The molecule has 0 radical (unpaired) electrons. The zero-order chi connectivity index (χ0) is 13.2. The largest absolute Gasteiger partial charge is 0.490 e. The molecule has 0 bridgehead atoms. The summed E-state index contributed by atoms with van der Waals surface area (Å²) in [4.78, 5) is 8.76. The molecule has 2 aromatic rings. The summed E-state index contributed by atoms with van der Waals surface area (Å²) in [5.41, 5.74) is 3.15. The van der Waals surface area contributed by atoms with Crippen molar-refractivity contribution >= 4 is 0 Å². The first-order valence-corrected chi connectivity index (χ1v) is 6.82. The van der Waals surface area contributed by atoms with Gasteiger partial charge in [-0.15, -0.1) is 0 Å². The average Bonchev–Trinajstić information content (AvgIpc) is 3.23. The Bertz CT molecular complexity index is 576. The summed E-state index contributed by atoms with van der Waals surface area (Å²) in [6.07, 6.45) is 4.32. The number of rotatable bonds is 4. The minimum Gasteiger partial charge on any atom is -0.490 e. The summed E-state index contributed by atoms with van der Waals surface area (Å²) in [6, 6.07) is 10.1. The SMILES string of the molecule is CC(C)Oc1ccccc1-c1cc(C2CC2)ncn1. The van der Waals surface area contributed by atoms with Crippen LogP contribution < -0.4 is 4.74 Å². The molecule has 1 heterocycles. The second-order valence-electron chi connectivity index (χ2n) is 5.27. The van der Waals surface area contributed by atoms with Crippen molar-refractivity contribution in [3.05, 3.63) is 42.4 Å². The summed E-state index contributed by atoms with van der Waals surface area (Å²) in [5, 5.41) is 0. The van der Waals surface area contributed by atoms with Crippen LogP contribution in [-0.2, 0) is 0 Å². The quantitative estimate of drug-likeness (QED) is 0.832. The van der Waals surface area contributed by atoms with Gasteiger partial charge in [-0.1, -0.05) is 12.1 Å². The van der Waals surface area contributed by atoms with Crippen molar-refractivity contribution in [3.8, 4) is 17.0 Å². The van der Waals surface area contributed by atoms with Crippen molar-refractivity contribution in [3.63, 3.8) is 0 Å². The topological polar surface area (TPSA) is 35.0 Å². The lowest BCUT2D eigenvalue weighted by Crippen LogP contribution is -2.06. The molecular weight excluding hydrogens is 236 g/mol. The number of nitrogens with zero attached hydrogens (tertiary/aromatic N) is 2. The van der Waals surface area contributed by atoms with Crippen molar-refractivity contribution in [2.75, 3.05) is 0 Å². The molecule has 98 valence electrons. The van der Waals surface area contributed by atoms with E-state index < -0.39 is 0 Å². The predicted octanol–water partition coefficient (Wildman–Crippen LogP) is 3.81. The van der Waals surface area contributed by atoms with Crippen molar-refractivity contribution in [2.45, 2.75) is 38.7 Å². The number of aromatic nitrogens is 2. The van der Waals surface area contributed by atoms with Crippen molar-refractivity contribution < 1.29 is 4.74 Å². The van der Waals surface area contributed by atoms with E-state index >= 15 is 0 Å². The minimum absolute atomic E-state index is 0.158. The number of ether oxygens (including phenoxy) is 1. The van der Waals surface area contributed by atoms with Gasteiger partial charge in [0.1, 0.15) is 12.1 Å². The molecule has 1 aliphatic carbocycles. The van der Waals surface area contributed by atoms with Crippen LogP contribution in [0.5, 0.6) is 5.75 Å². The van der Waals surface area contributed by atoms with E-state index in [1.807, 2.05) is 32.0 Å². The van der Waals surface area contributed by atoms with E-state index in [1.165, 1.54) is 12.8 Å². The standard InChI is InChI=1S/C16H18N2O/c1-11(2)19-16-6-4-3-5-13(16)15-9-14(12-7-8-12)17-10-18-15/h3-6,9-12H,7-8H2,1-2H3. The lowest BCUT2D eigenvalue weighted by Gasteiger charge is -2.14. The third kappa shape index (κ3) is 2.75. The first-order valence-electron chi connectivity index (χ1n) is 6.82. The normalized spacial score (nSPS) is 14.7. The number of benzene rings is 1. The van der Waals surface area contributed by atoms with Crippen LogP contribution in [0.3, 0.4) is 0 Å². The Morgan fingerprint density at radius 2 is 1.95 bits per heavy atom. The smallest absolute Gasteiger partial charge is 0.129 e. The molecule has 1 fully saturated rings. The highest BCUT2D eigenvalue weighted by Crippen LogP contribution is 2.40. The Morgan fingerprint density at radius 3 is 2.68 bits per heavy atom. The highest BCUT2D eigenvalue weighted by Gasteiger charge is 2.25. The summed E-state index contributed by atoms with van der Waals surface area (Å²) >= 11 is 0. The average molecular weight is 254 g/mol. The molecular formula is C16H18N2O. The summed E-state index contributed by atoms with van der Waals surface area (Å²) < 4.78 is 5.86. The monoisotopic (exact) mass is 254 g/mol. The molecule has 0 saturated heterocycles. The molecule has 0 amide bonds. The maximum Gasteiger partial charge on any atom is 0.129 e. The molecule has 0 N–H and O–H groups in total. The molecule has 3 heteroatoms. The van der Waals surface area contributed by atoms with E-state index in [9.17, 15) is 0 Å². The molecule has 1 aliphatic rings. The Kier molecular flexibility index (Phi) is 3.20. The number of para-hydroxylation sites is 1. The van der Waals surface area contributed by atoms with Gasteiger partial charge in [-0.25, -0.2) is 9.97 Å². The molecule has 0 atom stereocenters. The maximum atomic E-state index is 5.86. The van der Waals surface area contributed by atoms with Gasteiger partial charge in [-0.05, 0) is 44.9 Å². The number of hydrogen-bond donors (Lipinski definition) is 0. The molecule has 3 nitrogen and oxygen atoms in total. The van der Waals surface area contributed by atoms with Crippen LogP contribution in [0.15, 0.2) is 36.7 Å². The molecule has 1 aromatic carbocycles. The lowest BCUT2D eigenvalue weighted by molar-refractivity contribution is 0.243. The highest BCUT2D eigenvalue weighted by atomic mass is 16.5. The van der Waals surface area contributed by atoms with Crippen molar-refractivity contribution in [1.29, 1.82) is 0 Å². The zero-order valence-corrected chi connectivity index (χ0v) is 11.3. The van der Waals surface area contributed by atoms with E-state index in [1.54, 1.807) is 6.33 Å². The van der Waals surface area contributed by atoms with Crippen LogP contribution in [0.1, 0.15) is 38.3 Å². The van der Waals surface area contributed by atoms with Crippen LogP contribution >= 0.6 is 0 Å². The summed E-state index contributed by atoms with van der Waals surface area (Å²) in [7, 11) is 0. The van der Waals surface area contributed by atoms with Gasteiger partial charge in [0, 0.05) is 17.2 Å². The van der Waals surface area contributed by atoms with Crippen molar-refractivity contribution in [2.24, 2.45) is 0 Å². The Balaban J connectivity index is 1.98. The minimum atomic E-state index is 0.158. The molecule has 19 heavy (non-hydrogen) atoms. The highest BCUT2D eigenvalue weighted by molar-refractivity contribution is 5.67. The predicted molar refractivity (Wildman–Crippen MR) is 75.2 cm³/mol. The van der Waals surface area contributed by atoms with Crippen LogP contribution in [0.2, 0.25) is 0 Å². The van der Waals surface area contributed by atoms with Crippen LogP contribution in [0.25, 0.3) is 11.3 Å². The second-order valence-corrected chi connectivity index (χ2v) is 5.27. The van der Waals surface area contributed by atoms with Crippen LogP contribution in [-0.4, -0.2) is 16.1 Å². The lowest BCUT2D eigenvalue weighted by atomic mass is 10.1. The van der Waals surface area contributed by atoms with Gasteiger partial charge in [0.05, 0.1) is 11.8 Å². The molecule has 1 saturated carbocycles. The van der Waals surface area contributed by atoms with Gasteiger partial charge in [0.25, 0.3) is 0 Å².